The highest BCUT2D eigenvalue weighted by Gasteiger charge is 2.15. The van der Waals surface area contributed by atoms with Crippen molar-refractivity contribution in [2.75, 3.05) is 0 Å². The molecule has 0 radical (unpaired) electrons. The van der Waals surface area contributed by atoms with E-state index in [4.69, 9.17) is 0 Å². The number of hydrogen-bond acceptors (Lipinski definition) is 1. The van der Waals surface area contributed by atoms with Gasteiger partial charge in [0.2, 0.25) is 0 Å². The Kier molecular flexibility index (Phi) is 8.70. The molecule has 0 saturated carbocycles. The Bertz CT molecular complexity index is 304. The smallest absolute Gasteiger partial charge is 0.138 e. The van der Waals surface area contributed by atoms with Crippen molar-refractivity contribution < 1.29 is 4.79 Å². The Morgan fingerprint density at radius 2 is 1.61 bits per heavy atom. The number of hydrogen-bond donors (Lipinski definition) is 0. The maximum absolute atomic E-state index is 11.7. The standard InChI is InChI=1S/C17H30O/c1-13(2)9-7-10-15(5)11-8-12-16(6)17(18)14(3)4/h9,11,14,16H,7-8,10,12H2,1-6H3/b15-11+. The topological polar surface area (TPSA) is 17.1 Å². The second-order valence-corrected chi connectivity index (χ2v) is 5.91. The molecule has 1 nitrogen and oxygen atoms in total. The van der Waals surface area contributed by atoms with E-state index in [0.717, 1.165) is 25.7 Å². The molecular weight excluding hydrogens is 220 g/mol. The van der Waals surface area contributed by atoms with Crippen LogP contribution in [-0.4, -0.2) is 5.78 Å². The number of allylic oxidation sites excluding steroid dienone is 4. The van der Waals surface area contributed by atoms with Crippen molar-refractivity contribution in [2.24, 2.45) is 11.8 Å². The first kappa shape index (κ1) is 17.2. The lowest BCUT2D eigenvalue weighted by atomic mass is 9.92. The van der Waals surface area contributed by atoms with Gasteiger partial charge in [-0.25, -0.2) is 0 Å². The number of ketones is 1. The lowest BCUT2D eigenvalue weighted by molar-refractivity contribution is -0.125. The van der Waals surface area contributed by atoms with E-state index in [0.29, 0.717) is 5.78 Å². The molecule has 0 saturated heterocycles. The van der Waals surface area contributed by atoms with Crippen LogP contribution in [-0.2, 0) is 4.79 Å². The first-order valence-electron chi connectivity index (χ1n) is 7.17. The molecule has 0 bridgehead atoms. The molecular formula is C17H30O. The average molecular weight is 250 g/mol. The van der Waals surface area contributed by atoms with Gasteiger partial charge in [0.15, 0.2) is 0 Å². The summed E-state index contributed by atoms with van der Waals surface area (Å²) in [5.74, 6) is 0.764. The molecule has 1 unspecified atom stereocenters. The van der Waals surface area contributed by atoms with Crippen molar-refractivity contribution in [3.63, 3.8) is 0 Å². The Morgan fingerprint density at radius 3 is 2.11 bits per heavy atom. The number of carbonyl (C=O) groups excluding carboxylic acids is 1. The van der Waals surface area contributed by atoms with Gasteiger partial charge >= 0.3 is 0 Å². The summed E-state index contributed by atoms with van der Waals surface area (Å²) in [5, 5.41) is 0. The SMILES string of the molecule is CC(C)=CCC/C(C)=C/CCC(C)C(=O)C(C)C. The van der Waals surface area contributed by atoms with Crippen molar-refractivity contribution in [2.45, 2.75) is 67.2 Å². The third kappa shape index (κ3) is 8.27. The molecule has 1 atom stereocenters. The zero-order valence-electron chi connectivity index (χ0n) is 13.0. The molecule has 18 heavy (non-hydrogen) atoms. The fourth-order valence-corrected chi connectivity index (χ4v) is 1.98. The molecule has 0 aliphatic rings. The Hall–Kier alpha value is -0.850. The van der Waals surface area contributed by atoms with Gasteiger partial charge in [-0.15, -0.1) is 0 Å². The molecule has 0 aliphatic carbocycles. The molecule has 0 spiro atoms. The zero-order valence-corrected chi connectivity index (χ0v) is 13.0. The summed E-state index contributed by atoms with van der Waals surface area (Å²) in [5.41, 5.74) is 2.83. The summed E-state index contributed by atoms with van der Waals surface area (Å²) in [6, 6.07) is 0. The lowest BCUT2D eigenvalue weighted by Crippen LogP contribution is -2.16. The summed E-state index contributed by atoms with van der Waals surface area (Å²) in [6.45, 7) is 12.5. The Morgan fingerprint density at radius 1 is 1.00 bits per heavy atom. The second kappa shape index (κ2) is 9.13. The van der Waals surface area contributed by atoms with Gasteiger partial charge in [-0.2, -0.15) is 0 Å². The monoisotopic (exact) mass is 250 g/mol. The van der Waals surface area contributed by atoms with E-state index in [-0.39, 0.29) is 11.8 Å². The first-order chi connectivity index (χ1) is 8.34. The van der Waals surface area contributed by atoms with Crippen LogP contribution < -0.4 is 0 Å². The van der Waals surface area contributed by atoms with E-state index in [9.17, 15) is 4.79 Å². The third-order valence-corrected chi connectivity index (χ3v) is 3.24. The van der Waals surface area contributed by atoms with Gasteiger partial charge in [0.1, 0.15) is 5.78 Å². The molecule has 0 aromatic rings. The van der Waals surface area contributed by atoms with E-state index in [2.05, 4.69) is 39.8 Å². The summed E-state index contributed by atoms with van der Waals surface area (Å²) < 4.78 is 0. The van der Waals surface area contributed by atoms with Gasteiger partial charge in [0.05, 0.1) is 0 Å². The molecule has 0 fully saturated rings. The van der Waals surface area contributed by atoms with Gasteiger partial charge in [0, 0.05) is 11.8 Å². The molecule has 0 aliphatic heterocycles. The third-order valence-electron chi connectivity index (χ3n) is 3.24. The molecule has 0 aromatic carbocycles. The van der Waals surface area contributed by atoms with Crippen molar-refractivity contribution in [1.82, 2.24) is 0 Å². The summed E-state index contributed by atoms with van der Waals surface area (Å²) in [6.07, 6.45) is 8.85. The average Bonchev–Trinajstić information content (AvgIpc) is 2.27. The summed E-state index contributed by atoms with van der Waals surface area (Å²) in [7, 11) is 0. The van der Waals surface area contributed by atoms with E-state index in [1.165, 1.54) is 11.1 Å². The van der Waals surface area contributed by atoms with Gasteiger partial charge in [-0.1, -0.05) is 44.1 Å². The van der Waals surface area contributed by atoms with Crippen LogP contribution in [0.2, 0.25) is 0 Å². The quantitative estimate of drug-likeness (QED) is 0.533. The second-order valence-electron chi connectivity index (χ2n) is 5.91. The van der Waals surface area contributed by atoms with Crippen molar-refractivity contribution in [3.8, 4) is 0 Å². The van der Waals surface area contributed by atoms with Crippen molar-refractivity contribution in [1.29, 1.82) is 0 Å². The van der Waals surface area contributed by atoms with Crippen LogP contribution in [0.4, 0.5) is 0 Å². The normalized spacial score (nSPS) is 13.6. The van der Waals surface area contributed by atoms with Crippen LogP contribution in [0.1, 0.15) is 67.2 Å². The highest BCUT2D eigenvalue weighted by molar-refractivity contribution is 5.82. The Balaban J connectivity index is 3.94. The van der Waals surface area contributed by atoms with Gasteiger partial charge in [-0.3, -0.25) is 4.79 Å². The lowest BCUT2D eigenvalue weighted by Gasteiger charge is -2.11. The van der Waals surface area contributed by atoms with Gasteiger partial charge in [0.25, 0.3) is 0 Å². The zero-order chi connectivity index (χ0) is 14.1. The summed E-state index contributed by atoms with van der Waals surface area (Å²) in [4.78, 5) is 11.7. The highest BCUT2D eigenvalue weighted by atomic mass is 16.1. The molecule has 0 rings (SSSR count). The summed E-state index contributed by atoms with van der Waals surface area (Å²) >= 11 is 0. The molecule has 0 N–H and O–H groups in total. The van der Waals surface area contributed by atoms with Crippen LogP contribution in [0, 0.1) is 11.8 Å². The van der Waals surface area contributed by atoms with Crippen molar-refractivity contribution >= 4 is 5.78 Å². The minimum atomic E-state index is 0.169. The predicted octanol–water partition coefficient (Wildman–Crippen LogP) is 5.32. The van der Waals surface area contributed by atoms with Crippen LogP contribution in [0.5, 0.6) is 0 Å². The van der Waals surface area contributed by atoms with E-state index in [1.807, 2.05) is 13.8 Å². The maximum atomic E-state index is 11.7. The largest absolute Gasteiger partial charge is 0.299 e. The Labute approximate surface area is 113 Å². The maximum Gasteiger partial charge on any atom is 0.138 e. The molecule has 104 valence electrons. The number of carbonyl (C=O) groups is 1. The minimum absolute atomic E-state index is 0.169. The minimum Gasteiger partial charge on any atom is -0.299 e. The van der Waals surface area contributed by atoms with E-state index >= 15 is 0 Å². The molecule has 0 amide bonds. The highest BCUT2D eigenvalue weighted by Crippen LogP contribution is 2.15. The van der Waals surface area contributed by atoms with Crippen molar-refractivity contribution in [3.05, 3.63) is 23.3 Å². The predicted molar refractivity (Wildman–Crippen MR) is 80.7 cm³/mol. The van der Waals surface area contributed by atoms with Crippen LogP contribution in [0.15, 0.2) is 23.3 Å². The van der Waals surface area contributed by atoms with E-state index < -0.39 is 0 Å². The van der Waals surface area contributed by atoms with Gasteiger partial charge < -0.3 is 0 Å². The number of rotatable bonds is 8. The molecule has 0 aromatic heterocycles. The first-order valence-corrected chi connectivity index (χ1v) is 7.17. The molecule has 0 heterocycles. The van der Waals surface area contributed by atoms with Crippen LogP contribution >= 0.6 is 0 Å². The van der Waals surface area contributed by atoms with E-state index in [1.54, 1.807) is 0 Å². The fraction of sp³-hybridized carbons (Fsp3) is 0.706. The fourth-order valence-electron chi connectivity index (χ4n) is 1.98. The van der Waals surface area contributed by atoms with Crippen LogP contribution in [0.25, 0.3) is 0 Å². The van der Waals surface area contributed by atoms with Gasteiger partial charge in [-0.05, 0) is 46.5 Å². The van der Waals surface area contributed by atoms with Crippen LogP contribution in [0.3, 0.4) is 0 Å². The molecule has 1 heteroatoms. The number of Topliss-reactive ketones (excluding diaryl/α,β-unsaturated/α-hetero) is 1.